The maximum absolute atomic E-state index is 5.68. The third-order valence-electron chi connectivity index (χ3n) is 3.24. The van der Waals surface area contributed by atoms with Crippen LogP contribution in [0.1, 0.15) is 35.7 Å². The summed E-state index contributed by atoms with van der Waals surface area (Å²) >= 11 is 0. The van der Waals surface area contributed by atoms with Gasteiger partial charge in [-0.15, -0.1) is 0 Å². The van der Waals surface area contributed by atoms with Gasteiger partial charge in [0.15, 0.2) is 0 Å². The van der Waals surface area contributed by atoms with Crippen LogP contribution in [0, 0.1) is 6.92 Å². The lowest BCUT2D eigenvalue weighted by Crippen LogP contribution is -2.03. The normalized spacial score (nSPS) is 15.2. The molecule has 1 aromatic carbocycles. The van der Waals surface area contributed by atoms with Gasteiger partial charge in [-0.1, -0.05) is 12.1 Å². The molecule has 1 aliphatic carbocycles. The van der Waals surface area contributed by atoms with Crippen LogP contribution in [0.4, 0.5) is 0 Å². The molecule has 1 aromatic heterocycles. The number of benzene rings is 1. The van der Waals surface area contributed by atoms with E-state index >= 15 is 0 Å². The fourth-order valence-electron chi connectivity index (χ4n) is 2.18. The summed E-state index contributed by atoms with van der Waals surface area (Å²) in [5.74, 6) is 0.684. The van der Waals surface area contributed by atoms with Crippen LogP contribution in [0.2, 0.25) is 0 Å². The Morgan fingerprint density at radius 1 is 1.35 bits per heavy atom. The van der Waals surface area contributed by atoms with Gasteiger partial charge in [0.2, 0.25) is 0 Å². The zero-order valence-corrected chi connectivity index (χ0v) is 10.1. The highest BCUT2D eigenvalue weighted by molar-refractivity contribution is 5.38. The molecule has 0 atom stereocenters. The maximum atomic E-state index is 5.68. The van der Waals surface area contributed by atoms with Gasteiger partial charge in [-0.3, -0.25) is 0 Å². The number of aromatic nitrogens is 2. The van der Waals surface area contributed by atoms with E-state index in [-0.39, 0.29) is 0 Å². The van der Waals surface area contributed by atoms with Crippen LogP contribution in [-0.2, 0) is 6.54 Å². The summed E-state index contributed by atoms with van der Waals surface area (Å²) < 4.78 is 2.06. The maximum Gasteiger partial charge on any atom is 0.0767 e. The molecule has 0 bridgehead atoms. The average Bonchev–Trinajstić information content (AvgIpc) is 3.08. The number of aryl methyl sites for hydroxylation is 1. The second kappa shape index (κ2) is 4.00. The van der Waals surface area contributed by atoms with E-state index in [9.17, 15) is 0 Å². The third kappa shape index (κ3) is 1.98. The Labute approximate surface area is 101 Å². The van der Waals surface area contributed by atoms with Gasteiger partial charge >= 0.3 is 0 Å². The number of nitrogens with zero attached hydrogens (tertiary/aromatic N) is 2. The average molecular weight is 227 g/mol. The molecule has 1 heterocycles. The molecular weight excluding hydrogens is 210 g/mol. The molecule has 1 fully saturated rings. The van der Waals surface area contributed by atoms with E-state index in [4.69, 9.17) is 5.73 Å². The van der Waals surface area contributed by atoms with Gasteiger partial charge in [0.25, 0.3) is 0 Å². The summed E-state index contributed by atoms with van der Waals surface area (Å²) in [6.07, 6.45) is 2.56. The molecule has 0 spiro atoms. The van der Waals surface area contributed by atoms with Crippen molar-refractivity contribution in [3.05, 3.63) is 47.3 Å². The molecular formula is C14H17N3. The van der Waals surface area contributed by atoms with E-state index < -0.39 is 0 Å². The highest BCUT2D eigenvalue weighted by atomic mass is 15.3. The minimum Gasteiger partial charge on any atom is -0.325 e. The van der Waals surface area contributed by atoms with Gasteiger partial charge in [0.1, 0.15) is 0 Å². The molecule has 1 saturated carbocycles. The number of rotatable bonds is 3. The monoisotopic (exact) mass is 227 g/mol. The molecule has 0 aliphatic heterocycles. The minimum atomic E-state index is 0.512. The molecule has 2 N–H and O–H groups in total. The Morgan fingerprint density at radius 2 is 2.18 bits per heavy atom. The number of hydrogen-bond acceptors (Lipinski definition) is 2. The van der Waals surface area contributed by atoms with Crippen LogP contribution >= 0.6 is 0 Å². The zero-order valence-electron chi connectivity index (χ0n) is 10.1. The van der Waals surface area contributed by atoms with Crippen LogP contribution in [0.5, 0.6) is 0 Å². The first kappa shape index (κ1) is 10.5. The summed E-state index contributed by atoms with van der Waals surface area (Å²) in [6.45, 7) is 2.62. The highest BCUT2D eigenvalue weighted by Gasteiger charge is 2.28. The quantitative estimate of drug-likeness (QED) is 0.875. The SMILES string of the molecule is Cc1cccc(-n2nc(CN)cc2C2CC2)c1. The van der Waals surface area contributed by atoms with Crippen molar-refractivity contribution in [1.82, 2.24) is 9.78 Å². The summed E-state index contributed by atoms with van der Waals surface area (Å²) in [6, 6.07) is 10.6. The summed E-state index contributed by atoms with van der Waals surface area (Å²) in [4.78, 5) is 0. The van der Waals surface area contributed by atoms with Crippen LogP contribution in [0.3, 0.4) is 0 Å². The summed E-state index contributed by atoms with van der Waals surface area (Å²) in [5, 5.41) is 4.59. The van der Waals surface area contributed by atoms with Crippen molar-refractivity contribution in [2.24, 2.45) is 5.73 Å². The Hall–Kier alpha value is -1.61. The highest BCUT2D eigenvalue weighted by Crippen LogP contribution is 2.41. The summed E-state index contributed by atoms with van der Waals surface area (Å²) in [7, 11) is 0. The van der Waals surface area contributed by atoms with E-state index in [1.54, 1.807) is 0 Å². The van der Waals surface area contributed by atoms with Gasteiger partial charge in [-0.2, -0.15) is 5.10 Å². The third-order valence-corrected chi connectivity index (χ3v) is 3.24. The fourth-order valence-corrected chi connectivity index (χ4v) is 2.18. The lowest BCUT2D eigenvalue weighted by Gasteiger charge is -2.07. The predicted octanol–water partition coefficient (Wildman–Crippen LogP) is 2.52. The van der Waals surface area contributed by atoms with Gasteiger partial charge in [0, 0.05) is 18.2 Å². The second-order valence-electron chi connectivity index (χ2n) is 4.79. The van der Waals surface area contributed by atoms with Gasteiger partial charge in [0.05, 0.1) is 11.4 Å². The molecule has 3 heteroatoms. The summed E-state index contributed by atoms with van der Waals surface area (Å²) in [5.41, 5.74) is 10.4. The van der Waals surface area contributed by atoms with Crippen LogP contribution < -0.4 is 5.73 Å². The van der Waals surface area contributed by atoms with E-state index in [2.05, 4.69) is 47.0 Å². The van der Waals surface area contributed by atoms with Crippen molar-refractivity contribution in [2.75, 3.05) is 0 Å². The van der Waals surface area contributed by atoms with Gasteiger partial charge in [-0.05, 0) is 43.5 Å². The van der Waals surface area contributed by atoms with Crippen molar-refractivity contribution in [2.45, 2.75) is 32.2 Å². The first-order valence-electron chi connectivity index (χ1n) is 6.14. The Balaban J connectivity index is 2.09. The van der Waals surface area contributed by atoms with Gasteiger partial charge in [-0.25, -0.2) is 4.68 Å². The lowest BCUT2D eigenvalue weighted by molar-refractivity contribution is 0.785. The smallest absolute Gasteiger partial charge is 0.0767 e. The van der Waals surface area contributed by atoms with E-state index in [1.165, 1.54) is 24.1 Å². The predicted molar refractivity (Wildman–Crippen MR) is 68.2 cm³/mol. The molecule has 0 saturated heterocycles. The van der Waals surface area contributed by atoms with Crippen molar-refractivity contribution in [1.29, 1.82) is 0 Å². The standard InChI is InChI=1S/C14H17N3/c1-10-3-2-4-13(7-10)17-14(11-5-6-11)8-12(9-15)16-17/h2-4,7-8,11H,5-6,9,15H2,1H3. The van der Waals surface area contributed by atoms with Crippen LogP contribution in [-0.4, -0.2) is 9.78 Å². The minimum absolute atomic E-state index is 0.512. The van der Waals surface area contributed by atoms with Crippen molar-refractivity contribution < 1.29 is 0 Å². The molecule has 1 aliphatic rings. The van der Waals surface area contributed by atoms with Crippen LogP contribution in [0.25, 0.3) is 5.69 Å². The topological polar surface area (TPSA) is 43.8 Å². The van der Waals surface area contributed by atoms with E-state index in [0.29, 0.717) is 12.5 Å². The van der Waals surface area contributed by atoms with Crippen molar-refractivity contribution in [3.63, 3.8) is 0 Å². The number of hydrogen-bond donors (Lipinski definition) is 1. The Bertz CT molecular complexity index is 538. The van der Waals surface area contributed by atoms with E-state index in [0.717, 1.165) is 11.4 Å². The first-order valence-corrected chi connectivity index (χ1v) is 6.14. The van der Waals surface area contributed by atoms with E-state index in [1.807, 2.05) is 0 Å². The van der Waals surface area contributed by atoms with Crippen molar-refractivity contribution >= 4 is 0 Å². The molecule has 3 rings (SSSR count). The first-order chi connectivity index (χ1) is 8.28. The Kier molecular flexibility index (Phi) is 2.48. The molecule has 17 heavy (non-hydrogen) atoms. The molecule has 0 radical (unpaired) electrons. The Morgan fingerprint density at radius 3 is 2.82 bits per heavy atom. The largest absolute Gasteiger partial charge is 0.325 e. The molecule has 2 aromatic rings. The fraction of sp³-hybridized carbons (Fsp3) is 0.357. The second-order valence-corrected chi connectivity index (χ2v) is 4.79. The molecule has 88 valence electrons. The van der Waals surface area contributed by atoms with Gasteiger partial charge < -0.3 is 5.73 Å². The molecule has 0 amide bonds. The van der Waals surface area contributed by atoms with Crippen LogP contribution in [0.15, 0.2) is 30.3 Å². The lowest BCUT2D eigenvalue weighted by atomic mass is 10.2. The molecule has 3 nitrogen and oxygen atoms in total. The van der Waals surface area contributed by atoms with Crippen molar-refractivity contribution in [3.8, 4) is 5.69 Å². The molecule has 0 unspecified atom stereocenters. The zero-order chi connectivity index (χ0) is 11.8. The number of nitrogens with two attached hydrogens (primary N) is 1.